The Morgan fingerprint density at radius 1 is 0.750 bits per heavy atom. The zero-order valence-corrected chi connectivity index (χ0v) is 27.7. The Bertz CT molecular complexity index is 1120. The lowest BCUT2D eigenvalue weighted by Gasteiger charge is -2.42. The molecule has 4 rings (SSSR count). The highest BCUT2D eigenvalue weighted by Gasteiger charge is 2.50. The van der Waals surface area contributed by atoms with Gasteiger partial charge in [-0.25, -0.2) is 0 Å². The van der Waals surface area contributed by atoms with Gasteiger partial charge in [0.2, 0.25) is 0 Å². The largest absolute Gasteiger partial charge is 0.387 e. The molecule has 16 nitrogen and oxygen atoms in total. The molecule has 0 bridgehead atoms. The zero-order valence-electron chi connectivity index (χ0n) is 27.7. The van der Waals surface area contributed by atoms with Gasteiger partial charge >= 0.3 is 0 Å². The maximum Gasteiger partial charge on any atom is 0.252 e. The lowest BCUT2D eigenvalue weighted by molar-refractivity contribution is -0.307. The van der Waals surface area contributed by atoms with E-state index in [4.69, 9.17) is 37.9 Å². The van der Waals surface area contributed by atoms with Crippen molar-refractivity contribution >= 4 is 11.8 Å². The van der Waals surface area contributed by atoms with E-state index in [9.17, 15) is 30.0 Å². The number of carbonyl (C=O) groups is 2. The molecule has 0 aromatic heterocycles. The van der Waals surface area contributed by atoms with Crippen LogP contribution in [0.4, 0.5) is 0 Å². The third kappa shape index (κ3) is 10.6. The topological polar surface area (TPSA) is 213 Å². The Morgan fingerprint density at radius 3 is 1.98 bits per heavy atom. The third-order valence-electron chi connectivity index (χ3n) is 7.77. The number of rotatable bonds is 16. The second-order valence-corrected chi connectivity index (χ2v) is 12.3. The molecule has 1 aromatic carbocycles. The molecule has 10 atom stereocenters. The number of aliphatic hydroxyl groups excluding tert-OH is 4. The summed E-state index contributed by atoms with van der Waals surface area (Å²) in [4.78, 5) is 26.3. The van der Waals surface area contributed by atoms with Crippen molar-refractivity contribution in [3.63, 3.8) is 0 Å². The Morgan fingerprint density at radius 2 is 1.31 bits per heavy atom. The van der Waals surface area contributed by atoms with Crippen LogP contribution in [-0.4, -0.2) is 145 Å². The minimum atomic E-state index is -1.54. The van der Waals surface area contributed by atoms with E-state index in [0.717, 1.165) is 5.56 Å². The summed E-state index contributed by atoms with van der Waals surface area (Å²) in [5, 5.41) is 48.6. The first kappa shape index (κ1) is 38.5. The third-order valence-corrected chi connectivity index (χ3v) is 7.77. The van der Waals surface area contributed by atoms with Gasteiger partial charge in [-0.3, -0.25) is 9.59 Å². The predicted octanol–water partition coefficient (Wildman–Crippen LogP) is -1.30. The minimum Gasteiger partial charge on any atom is -0.387 e. The summed E-state index contributed by atoms with van der Waals surface area (Å²) in [6.07, 6.45) is -15.0. The fourth-order valence-electron chi connectivity index (χ4n) is 5.44. The summed E-state index contributed by atoms with van der Waals surface area (Å²) in [6, 6.07) is 9.25. The molecule has 0 aliphatic carbocycles. The summed E-state index contributed by atoms with van der Waals surface area (Å²) in [5.74, 6) is -1.17. The molecule has 48 heavy (non-hydrogen) atoms. The van der Waals surface area contributed by atoms with Gasteiger partial charge in [-0.2, -0.15) is 0 Å². The molecule has 3 aliphatic rings. The molecule has 2 unspecified atom stereocenters. The van der Waals surface area contributed by atoms with E-state index in [1.54, 1.807) is 27.7 Å². The molecular weight excluding hydrogens is 636 g/mol. The Labute approximate surface area is 279 Å². The highest BCUT2D eigenvalue weighted by molar-refractivity contribution is 5.82. The van der Waals surface area contributed by atoms with Crippen LogP contribution in [0.25, 0.3) is 0 Å². The number of amides is 2. The molecule has 16 heteroatoms. The molecule has 6 N–H and O–H groups in total. The van der Waals surface area contributed by atoms with Gasteiger partial charge in [-0.05, 0) is 39.7 Å². The summed E-state index contributed by atoms with van der Waals surface area (Å²) in [6.45, 7) is 7.83. The Kier molecular flexibility index (Phi) is 14.9. The van der Waals surface area contributed by atoms with Crippen LogP contribution >= 0.6 is 0 Å². The monoisotopic (exact) mass is 686 g/mol. The van der Waals surface area contributed by atoms with Gasteiger partial charge in [-0.1, -0.05) is 30.3 Å². The van der Waals surface area contributed by atoms with Crippen molar-refractivity contribution in [1.29, 1.82) is 0 Å². The molecule has 3 aliphatic heterocycles. The number of hydrogen-bond acceptors (Lipinski definition) is 14. The molecule has 3 saturated heterocycles. The van der Waals surface area contributed by atoms with E-state index in [0.29, 0.717) is 13.2 Å². The first-order valence-electron chi connectivity index (χ1n) is 16.4. The van der Waals surface area contributed by atoms with Crippen molar-refractivity contribution in [2.75, 3.05) is 33.0 Å². The van der Waals surface area contributed by atoms with Crippen LogP contribution in [0.15, 0.2) is 30.3 Å². The van der Waals surface area contributed by atoms with Crippen molar-refractivity contribution in [1.82, 2.24) is 10.6 Å². The van der Waals surface area contributed by atoms with E-state index >= 15 is 0 Å². The second kappa shape index (κ2) is 18.6. The summed E-state index contributed by atoms with van der Waals surface area (Å²) < 4.78 is 45.1. The van der Waals surface area contributed by atoms with Crippen molar-refractivity contribution in [2.45, 2.75) is 121 Å². The van der Waals surface area contributed by atoms with Gasteiger partial charge in [-0.15, -0.1) is 0 Å². The minimum absolute atomic E-state index is 0.0392. The van der Waals surface area contributed by atoms with Crippen LogP contribution < -0.4 is 10.6 Å². The summed E-state index contributed by atoms with van der Waals surface area (Å²) in [7, 11) is 0. The number of hydrogen-bond donors (Lipinski definition) is 6. The van der Waals surface area contributed by atoms with E-state index in [1.165, 1.54) is 0 Å². The first-order chi connectivity index (χ1) is 23.0. The Balaban J connectivity index is 1.32. The van der Waals surface area contributed by atoms with Crippen molar-refractivity contribution < 1.29 is 67.9 Å². The van der Waals surface area contributed by atoms with E-state index in [-0.39, 0.29) is 44.9 Å². The number of ether oxygens (including phenoxy) is 8. The molecular formula is C32H50N2O14. The molecule has 3 fully saturated rings. The quantitative estimate of drug-likeness (QED) is 0.112. The van der Waals surface area contributed by atoms with Crippen LogP contribution in [0.2, 0.25) is 0 Å². The number of benzene rings is 1. The highest BCUT2D eigenvalue weighted by Crippen LogP contribution is 2.28. The van der Waals surface area contributed by atoms with E-state index in [1.807, 2.05) is 30.3 Å². The zero-order chi connectivity index (χ0) is 34.8. The lowest BCUT2D eigenvalue weighted by atomic mass is 9.97. The SMILES string of the molecule is CC(C)O[C@@H]1OC(C(=O)NCC2OCCO2)[C@@H](OCCCO[C@@H]2OC(C(=O)NCc3ccccc3)[C@@H](OC(C)C)[C@H](O)[C@@H]2O)[C@H](O)[C@@H]1O. The van der Waals surface area contributed by atoms with Crippen LogP contribution in [0.3, 0.4) is 0 Å². The second-order valence-electron chi connectivity index (χ2n) is 12.3. The van der Waals surface area contributed by atoms with E-state index in [2.05, 4.69) is 10.6 Å². The molecule has 272 valence electrons. The standard InChI is InChI=1S/C32H50N2O14/c1-17(2)45-26-22(36)23(37)31(47-28(26)30(40)33-15-19-9-6-5-7-10-19)44-12-8-11-43-25-21(35)24(38)32(46-18(3)4)48-27(25)29(39)34-16-20-41-13-14-42-20/h5-7,9-10,17-18,20-28,31-32,35-38H,8,11-16H2,1-4H3,(H,33,40)(H,34,39)/t21-,22-,23+,24+,25+,26+,27?,28?,31-,32-/m1/s1. The molecule has 0 saturated carbocycles. The normalized spacial score (nSPS) is 32.9. The Hall–Kier alpha value is -2.32. The fraction of sp³-hybridized carbons (Fsp3) is 0.750. The van der Waals surface area contributed by atoms with Gasteiger partial charge in [0.1, 0.15) is 36.6 Å². The highest BCUT2D eigenvalue weighted by atomic mass is 16.7. The van der Waals surface area contributed by atoms with Crippen LogP contribution in [0.5, 0.6) is 0 Å². The average Bonchev–Trinajstić information content (AvgIpc) is 3.58. The number of aliphatic hydroxyl groups is 4. The van der Waals surface area contributed by atoms with Gasteiger partial charge in [0.15, 0.2) is 31.1 Å². The van der Waals surface area contributed by atoms with Crippen molar-refractivity contribution in [2.24, 2.45) is 0 Å². The average molecular weight is 687 g/mol. The van der Waals surface area contributed by atoms with Crippen LogP contribution in [-0.2, 0) is 54.0 Å². The smallest absolute Gasteiger partial charge is 0.252 e. The van der Waals surface area contributed by atoms with Crippen LogP contribution in [0, 0.1) is 0 Å². The maximum absolute atomic E-state index is 13.2. The predicted molar refractivity (Wildman–Crippen MR) is 165 cm³/mol. The molecule has 2 amide bonds. The van der Waals surface area contributed by atoms with Crippen molar-refractivity contribution in [3.8, 4) is 0 Å². The number of nitrogens with one attached hydrogen (secondary N) is 2. The van der Waals surface area contributed by atoms with E-state index < -0.39 is 79.5 Å². The van der Waals surface area contributed by atoms with Gasteiger partial charge in [0.05, 0.1) is 38.6 Å². The molecule has 0 radical (unpaired) electrons. The maximum atomic E-state index is 13.2. The lowest BCUT2D eigenvalue weighted by Crippen LogP contribution is -2.63. The van der Waals surface area contributed by atoms with Gasteiger partial charge in [0, 0.05) is 13.2 Å². The first-order valence-corrected chi connectivity index (χ1v) is 16.4. The number of carbonyl (C=O) groups excluding carboxylic acids is 2. The van der Waals surface area contributed by atoms with Gasteiger partial charge < -0.3 is 69.0 Å². The molecule has 3 heterocycles. The van der Waals surface area contributed by atoms with Crippen molar-refractivity contribution in [3.05, 3.63) is 35.9 Å². The molecule has 0 spiro atoms. The summed E-state index contributed by atoms with van der Waals surface area (Å²) in [5.41, 5.74) is 0.858. The molecule has 1 aromatic rings. The summed E-state index contributed by atoms with van der Waals surface area (Å²) >= 11 is 0. The fourth-order valence-corrected chi connectivity index (χ4v) is 5.44. The van der Waals surface area contributed by atoms with Crippen LogP contribution in [0.1, 0.15) is 39.7 Å². The van der Waals surface area contributed by atoms with Gasteiger partial charge in [0.25, 0.3) is 11.8 Å².